The second kappa shape index (κ2) is 5.24. The van der Waals surface area contributed by atoms with Crippen LogP contribution in [-0.2, 0) is 11.2 Å². The molecule has 3 rings (SSSR count). The fourth-order valence-corrected chi connectivity index (χ4v) is 2.70. The van der Waals surface area contributed by atoms with Crippen LogP contribution >= 0.6 is 0 Å². The van der Waals surface area contributed by atoms with Crippen LogP contribution in [0.15, 0.2) is 24.3 Å². The molecule has 0 aromatic heterocycles. The molecule has 0 unspecified atom stereocenters. The van der Waals surface area contributed by atoms with Crippen LogP contribution in [0.25, 0.3) is 0 Å². The van der Waals surface area contributed by atoms with Gasteiger partial charge in [-0.3, -0.25) is 4.79 Å². The average Bonchev–Trinajstić information content (AvgIpc) is 3.30. The molecule has 2 aliphatic carbocycles. The molecule has 0 radical (unpaired) electrons. The number of methoxy groups -OCH3 is 1. The van der Waals surface area contributed by atoms with E-state index in [4.69, 9.17) is 4.74 Å². The first-order chi connectivity index (χ1) is 9.26. The smallest absolute Gasteiger partial charge is 0.224 e. The van der Waals surface area contributed by atoms with Crippen molar-refractivity contribution in [3.05, 3.63) is 29.8 Å². The molecule has 0 heterocycles. The third-order valence-corrected chi connectivity index (χ3v) is 4.11. The second-order valence-corrected chi connectivity index (χ2v) is 5.79. The van der Waals surface area contributed by atoms with E-state index in [9.17, 15) is 4.79 Å². The summed E-state index contributed by atoms with van der Waals surface area (Å²) < 4.78 is 5.12. The van der Waals surface area contributed by atoms with Gasteiger partial charge in [0.05, 0.1) is 13.5 Å². The van der Waals surface area contributed by atoms with Crippen molar-refractivity contribution in [2.24, 2.45) is 11.8 Å². The van der Waals surface area contributed by atoms with Crippen molar-refractivity contribution >= 4 is 5.91 Å². The van der Waals surface area contributed by atoms with E-state index in [0.717, 1.165) is 23.1 Å². The summed E-state index contributed by atoms with van der Waals surface area (Å²) in [4.78, 5) is 12.1. The van der Waals surface area contributed by atoms with Crippen LogP contribution in [0.5, 0.6) is 5.75 Å². The minimum absolute atomic E-state index is 0.161. The van der Waals surface area contributed by atoms with Gasteiger partial charge in [0.2, 0.25) is 5.91 Å². The van der Waals surface area contributed by atoms with E-state index >= 15 is 0 Å². The SMILES string of the molecule is COc1ccc(CC(=O)NC(C2CC2)C2CC2)cc1. The van der Waals surface area contributed by atoms with Gasteiger partial charge < -0.3 is 10.1 Å². The molecule has 102 valence electrons. The number of hydrogen-bond donors (Lipinski definition) is 1. The predicted molar refractivity (Wildman–Crippen MR) is 74.1 cm³/mol. The highest BCUT2D eigenvalue weighted by Gasteiger charge is 2.42. The minimum atomic E-state index is 0.161. The van der Waals surface area contributed by atoms with Gasteiger partial charge in [-0.25, -0.2) is 0 Å². The summed E-state index contributed by atoms with van der Waals surface area (Å²) in [6.45, 7) is 0. The molecule has 1 aromatic carbocycles. The van der Waals surface area contributed by atoms with Crippen molar-refractivity contribution in [2.75, 3.05) is 7.11 Å². The minimum Gasteiger partial charge on any atom is -0.497 e. The second-order valence-electron chi connectivity index (χ2n) is 5.79. The zero-order valence-corrected chi connectivity index (χ0v) is 11.4. The summed E-state index contributed by atoms with van der Waals surface area (Å²) in [5.74, 6) is 2.51. The van der Waals surface area contributed by atoms with Gasteiger partial charge in [-0.15, -0.1) is 0 Å². The topological polar surface area (TPSA) is 38.3 Å². The van der Waals surface area contributed by atoms with Gasteiger partial charge in [0, 0.05) is 6.04 Å². The fraction of sp³-hybridized carbons (Fsp3) is 0.562. The molecule has 0 atom stereocenters. The van der Waals surface area contributed by atoms with Gasteiger partial charge >= 0.3 is 0 Å². The van der Waals surface area contributed by atoms with E-state index in [1.807, 2.05) is 24.3 Å². The number of amides is 1. The van der Waals surface area contributed by atoms with Gasteiger partial charge in [0.15, 0.2) is 0 Å². The molecule has 0 saturated heterocycles. The number of carbonyl (C=O) groups excluding carboxylic acids is 1. The lowest BCUT2D eigenvalue weighted by Gasteiger charge is -2.17. The first-order valence-electron chi connectivity index (χ1n) is 7.18. The van der Waals surface area contributed by atoms with Crippen molar-refractivity contribution in [3.63, 3.8) is 0 Å². The van der Waals surface area contributed by atoms with Crippen LogP contribution in [0.3, 0.4) is 0 Å². The Morgan fingerprint density at radius 1 is 1.21 bits per heavy atom. The number of nitrogens with one attached hydrogen (secondary N) is 1. The highest BCUT2D eigenvalue weighted by atomic mass is 16.5. The maximum absolute atomic E-state index is 12.1. The molecule has 3 heteroatoms. The van der Waals surface area contributed by atoms with E-state index in [1.54, 1.807) is 7.11 Å². The lowest BCUT2D eigenvalue weighted by molar-refractivity contribution is -0.121. The highest BCUT2D eigenvalue weighted by Crippen LogP contribution is 2.44. The number of hydrogen-bond acceptors (Lipinski definition) is 2. The summed E-state index contributed by atoms with van der Waals surface area (Å²) in [6, 6.07) is 8.18. The Hall–Kier alpha value is -1.51. The highest BCUT2D eigenvalue weighted by molar-refractivity contribution is 5.79. The van der Waals surface area contributed by atoms with Crippen LogP contribution < -0.4 is 10.1 Å². The van der Waals surface area contributed by atoms with E-state index in [0.29, 0.717) is 12.5 Å². The largest absolute Gasteiger partial charge is 0.497 e. The molecule has 19 heavy (non-hydrogen) atoms. The first kappa shape index (κ1) is 12.5. The Labute approximate surface area is 114 Å². The molecule has 0 bridgehead atoms. The maximum atomic E-state index is 12.1. The Balaban J connectivity index is 1.54. The van der Waals surface area contributed by atoms with Crippen LogP contribution in [0.2, 0.25) is 0 Å². The van der Waals surface area contributed by atoms with Gasteiger partial charge in [-0.05, 0) is 55.2 Å². The van der Waals surface area contributed by atoms with E-state index < -0.39 is 0 Å². The average molecular weight is 259 g/mol. The molecule has 2 aliphatic rings. The Morgan fingerprint density at radius 2 is 1.79 bits per heavy atom. The molecule has 0 aliphatic heterocycles. The summed E-state index contributed by atoms with van der Waals surface area (Å²) in [7, 11) is 1.65. The molecule has 2 saturated carbocycles. The van der Waals surface area contributed by atoms with Gasteiger partial charge in [-0.1, -0.05) is 12.1 Å². The summed E-state index contributed by atoms with van der Waals surface area (Å²) in [5, 5.41) is 3.25. The van der Waals surface area contributed by atoms with Crippen molar-refractivity contribution in [1.82, 2.24) is 5.32 Å². The molecule has 1 aromatic rings. The zero-order valence-electron chi connectivity index (χ0n) is 11.4. The maximum Gasteiger partial charge on any atom is 0.224 e. The lowest BCUT2D eigenvalue weighted by Crippen LogP contribution is -2.38. The van der Waals surface area contributed by atoms with Crippen LogP contribution in [0.1, 0.15) is 31.2 Å². The summed E-state index contributed by atoms with van der Waals surface area (Å²) in [5.41, 5.74) is 1.05. The zero-order chi connectivity index (χ0) is 13.2. The third-order valence-electron chi connectivity index (χ3n) is 4.11. The van der Waals surface area contributed by atoms with Crippen LogP contribution in [0, 0.1) is 11.8 Å². The Morgan fingerprint density at radius 3 is 2.26 bits per heavy atom. The van der Waals surface area contributed by atoms with Crippen LogP contribution in [-0.4, -0.2) is 19.1 Å². The normalized spacial score (nSPS) is 18.4. The number of carbonyl (C=O) groups is 1. The first-order valence-corrected chi connectivity index (χ1v) is 7.18. The predicted octanol–water partition coefficient (Wildman–Crippen LogP) is 2.54. The monoisotopic (exact) mass is 259 g/mol. The van der Waals surface area contributed by atoms with Crippen molar-refractivity contribution in [2.45, 2.75) is 38.1 Å². The molecular formula is C16H21NO2. The molecule has 0 spiro atoms. The van der Waals surface area contributed by atoms with Crippen molar-refractivity contribution < 1.29 is 9.53 Å². The molecule has 3 nitrogen and oxygen atoms in total. The van der Waals surface area contributed by atoms with E-state index in [1.165, 1.54) is 25.7 Å². The summed E-state index contributed by atoms with van der Waals surface area (Å²) in [6.07, 6.45) is 5.65. The number of ether oxygens (including phenoxy) is 1. The van der Waals surface area contributed by atoms with Gasteiger partial charge in [-0.2, -0.15) is 0 Å². The Kier molecular flexibility index (Phi) is 3.45. The Bertz CT molecular complexity index is 434. The lowest BCUT2D eigenvalue weighted by atomic mass is 10.1. The number of rotatable bonds is 6. The molecular weight excluding hydrogens is 238 g/mol. The van der Waals surface area contributed by atoms with Crippen molar-refractivity contribution in [1.29, 1.82) is 0 Å². The fourth-order valence-electron chi connectivity index (χ4n) is 2.70. The molecule has 1 N–H and O–H groups in total. The number of benzene rings is 1. The van der Waals surface area contributed by atoms with E-state index in [2.05, 4.69) is 5.32 Å². The molecule has 2 fully saturated rings. The van der Waals surface area contributed by atoms with Crippen molar-refractivity contribution in [3.8, 4) is 5.75 Å². The standard InChI is InChI=1S/C16H21NO2/c1-19-14-8-2-11(3-9-14)10-15(18)17-16(12-4-5-12)13-6-7-13/h2-3,8-9,12-13,16H,4-7,10H2,1H3,(H,17,18). The van der Waals surface area contributed by atoms with E-state index in [-0.39, 0.29) is 5.91 Å². The van der Waals surface area contributed by atoms with Crippen LogP contribution in [0.4, 0.5) is 0 Å². The quantitative estimate of drug-likeness (QED) is 0.852. The summed E-state index contributed by atoms with van der Waals surface area (Å²) >= 11 is 0. The molecule has 1 amide bonds. The van der Waals surface area contributed by atoms with Gasteiger partial charge in [0.1, 0.15) is 5.75 Å². The van der Waals surface area contributed by atoms with Gasteiger partial charge in [0.25, 0.3) is 0 Å². The third kappa shape index (κ3) is 3.28.